The molecule has 4 rings (SSSR count). The molecule has 2 aromatic carbocycles. The number of halogens is 3. The Hall–Kier alpha value is -2.80. The number of unbranched alkanes of at least 4 members (excludes halogenated alkanes) is 1. The van der Waals surface area contributed by atoms with Gasteiger partial charge in [0.1, 0.15) is 0 Å². The summed E-state index contributed by atoms with van der Waals surface area (Å²) < 4.78 is 41.1. The van der Waals surface area contributed by atoms with E-state index in [1.54, 1.807) is 6.07 Å². The van der Waals surface area contributed by atoms with Crippen molar-refractivity contribution < 1.29 is 13.2 Å². The van der Waals surface area contributed by atoms with Crippen molar-refractivity contribution in [1.29, 1.82) is 0 Å². The molecular formula is C27H33F3N4. The first-order valence-electron chi connectivity index (χ1n) is 12.2. The van der Waals surface area contributed by atoms with Gasteiger partial charge in [-0.1, -0.05) is 37.6 Å². The van der Waals surface area contributed by atoms with E-state index in [4.69, 9.17) is 5.10 Å². The molecule has 0 N–H and O–H groups in total. The minimum absolute atomic E-state index is 0.579. The first kappa shape index (κ1) is 24.3. The highest BCUT2D eigenvalue weighted by molar-refractivity contribution is 5.49. The van der Waals surface area contributed by atoms with Gasteiger partial charge in [-0.15, -0.1) is 0 Å². The number of rotatable bonds is 9. The molecule has 1 aliphatic rings. The van der Waals surface area contributed by atoms with Gasteiger partial charge in [0, 0.05) is 37.6 Å². The molecular weight excluding hydrogens is 437 g/mol. The molecule has 0 unspecified atom stereocenters. The highest BCUT2D eigenvalue weighted by Gasteiger charge is 2.31. The molecule has 182 valence electrons. The summed E-state index contributed by atoms with van der Waals surface area (Å²) >= 11 is 0. The molecule has 3 aromatic rings. The molecule has 0 saturated carbocycles. The Kier molecular flexibility index (Phi) is 7.93. The SMILES string of the molecule is CCCc1cc(CCCCN2CCN(c3cccc(C(F)(F)F)c3)CC2)n(-c2ccccc2)n1. The Morgan fingerprint density at radius 1 is 0.824 bits per heavy atom. The van der Waals surface area contributed by atoms with Crippen LogP contribution in [-0.4, -0.2) is 47.4 Å². The minimum Gasteiger partial charge on any atom is -0.369 e. The lowest BCUT2D eigenvalue weighted by Gasteiger charge is -2.36. The van der Waals surface area contributed by atoms with Gasteiger partial charge >= 0.3 is 6.18 Å². The number of nitrogens with zero attached hydrogens (tertiary/aromatic N) is 4. The van der Waals surface area contributed by atoms with Crippen LogP contribution in [0.15, 0.2) is 60.7 Å². The van der Waals surface area contributed by atoms with Gasteiger partial charge in [-0.3, -0.25) is 4.90 Å². The molecule has 1 fully saturated rings. The Balaban J connectivity index is 1.26. The van der Waals surface area contributed by atoms with Crippen molar-refractivity contribution in [2.75, 3.05) is 37.6 Å². The molecule has 0 amide bonds. The average Bonchev–Trinajstić information content (AvgIpc) is 3.25. The fourth-order valence-electron chi connectivity index (χ4n) is 4.57. The topological polar surface area (TPSA) is 24.3 Å². The summed E-state index contributed by atoms with van der Waals surface area (Å²) in [6.07, 6.45) is 0.923. The molecule has 2 heterocycles. The second-order valence-electron chi connectivity index (χ2n) is 8.96. The van der Waals surface area contributed by atoms with Gasteiger partial charge < -0.3 is 4.90 Å². The lowest BCUT2D eigenvalue weighted by molar-refractivity contribution is -0.137. The van der Waals surface area contributed by atoms with Crippen molar-refractivity contribution >= 4 is 5.69 Å². The van der Waals surface area contributed by atoms with Crippen LogP contribution >= 0.6 is 0 Å². The van der Waals surface area contributed by atoms with Gasteiger partial charge in [0.2, 0.25) is 0 Å². The monoisotopic (exact) mass is 470 g/mol. The molecule has 0 atom stereocenters. The number of aryl methyl sites for hydroxylation is 2. The molecule has 0 bridgehead atoms. The zero-order chi connectivity index (χ0) is 24.0. The van der Waals surface area contributed by atoms with E-state index in [9.17, 15) is 13.2 Å². The Labute approximate surface area is 200 Å². The average molecular weight is 471 g/mol. The van der Waals surface area contributed by atoms with E-state index in [-0.39, 0.29) is 0 Å². The van der Waals surface area contributed by atoms with E-state index >= 15 is 0 Å². The number of hydrogen-bond acceptors (Lipinski definition) is 3. The van der Waals surface area contributed by atoms with Crippen LogP contribution in [0.4, 0.5) is 18.9 Å². The highest BCUT2D eigenvalue weighted by Crippen LogP contribution is 2.32. The summed E-state index contributed by atoms with van der Waals surface area (Å²) in [7, 11) is 0. The van der Waals surface area contributed by atoms with Crippen LogP contribution in [0, 0.1) is 0 Å². The van der Waals surface area contributed by atoms with Crippen molar-refractivity contribution in [2.24, 2.45) is 0 Å². The van der Waals surface area contributed by atoms with Crippen molar-refractivity contribution in [1.82, 2.24) is 14.7 Å². The minimum atomic E-state index is -4.30. The predicted molar refractivity (Wildman–Crippen MR) is 131 cm³/mol. The number of para-hydroxylation sites is 1. The van der Waals surface area contributed by atoms with Gasteiger partial charge in [0.25, 0.3) is 0 Å². The lowest BCUT2D eigenvalue weighted by Crippen LogP contribution is -2.46. The maximum absolute atomic E-state index is 13.0. The Morgan fingerprint density at radius 2 is 1.56 bits per heavy atom. The van der Waals surface area contributed by atoms with E-state index in [0.29, 0.717) is 5.69 Å². The van der Waals surface area contributed by atoms with Crippen molar-refractivity contribution in [3.63, 3.8) is 0 Å². The Morgan fingerprint density at radius 3 is 2.26 bits per heavy atom. The number of piperazine rings is 1. The van der Waals surface area contributed by atoms with Crippen molar-refractivity contribution in [2.45, 2.75) is 45.2 Å². The number of hydrogen-bond donors (Lipinski definition) is 0. The summed E-state index contributed by atoms with van der Waals surface area (Å²) in [6, 6.07) is 18.2. The quantitative estimate of drug-likeness (QED) is 0.359. The molecule has 1 aromatic heterocycles. The third-order valence-electron chi connectivity index (χ3n) is 6.41. The fourth-order valence-corrected chi connectivity index (χ4v) is 4.57. The second-order valence-corrected chi connectivity index (χ2v) is 8.96. The van der Waals surface area contributed by atoms with Crippen LogP contribution < -0.4 is 4.90 Å². The van der Waals surface area contributed by atoms with Gasteiger partial charge in [0.15, 0.2) is 0 Å². The van der Waals surface area contributed by atoms with E-state index in [2.05, 4.69) is 39.6 Å². The molecule has 7 heteroatoms. The van der Waals surface area contributed by atoms with Crippen LogP contribution in [0.1, 0.15) is 43.1 Å². The highest BCUT2D eigenvalue weighted by atomic mass is 19.4. The Bertz CT molecular complexity index is 1040. The van der Waals surface area contributed by atoms with Gasteiger partial charge in [-0.25, -0.2) is 4.68 Å². The van der Waals surface area contributed by atoms with Gasteiger partial charge in [-0.2, -0.15) is 18.3 Å². The van der Waals surface area contributed by atoms with Gasteiger partial charge in [0.05, 0.1) is 16.9 Å². The third kappa shape index (κ3) is 6.20. The maximum atomic E-state index is 13.0. The number of benzene rings is 2. The van der Waals surface area contributed by atoms with Crippen LogP contribution in [-0.2, 0) is 19.0 Å². The number of anilines is 1. The number of aromatic nitrogens is 2. The predicted octanol–water partition coefficient (Wildman–Crippen LogP) is 5.99. The van der Waals surface area contributed by atoms with E-state index < -0.39 is 11.7 Å². The van der Waals surface area contributed by atoms with Crippen LogP contribution in [0.5, 0.6) is 0 Å². The molecule has 34 heavy (non-hydrogen) atoms. The molecule has 1 aliphatic heterocycles. The standard InChI is InChI=1S/C27H33F3N4/c1-2-9-23-21-26(34(31-23)24-11-4-3-5-12-24)13-6-7-15-32-16-18-33(19-17-32)25-14-8-10-22(20-25)27(28,29)30/h3-5,8,10-12,14,20-21H,2,6-7,9,13,15-19H2,1H3. The van der Waals surface area contributed by atoms with Crippen LogP contribution in [0.2, 0.25) is 0 Å². The summed E-state index contributed by atoms with van der Waals surface area (Å²) in [4.78, 5) is 4.47. The van der Waals surface area contributed by atoms with Crippen LogP contribution in [0.3, 0.4) is 0 Å². The number of alkyl halides is 3. The maximum Gasteiger partial charge on any atom is 0.416 e. The lowest BCUT2D eigenvalue weighted by atomic mass is 10.1. The zero-order valence-corrected chi connectivity index (χ0v) is 19.8. The van der Waals surface area contributed by atoms with E-state index in [1.807, 2.05) is 18.2 Å². The van der Waals surface area contributed by atoms with Gasteiger partial charge in [-0.05, 0) is 68.6 Å². The molecule has 0 aliphatic carbocycles. The molecule has 1 saturated heterocycles. The molecule has 4 nitrogen and oxygen atoms in total. The summed E-state index contributed by atoms with van der Waals surface area (Å²) in [5.41, 5.74) is 3.58. The zero-order valence-electron chi connectivity index (χ0n) is 19.8. The van der Waals surface area contributed by atoms with Crippen molar-refractivity contribution in [3.8, 4) is 5.69 Å². The smallest absolute Gasteiger partial charge is 0.369 e. The first-order chi connectivity index (χ1) is 16.4. The summed E-state index contributed by atoms with van der Waals surface area (Å²) in [6.45, 7) is 6.44. The second kappa shape index (κ2) is 11.1. The normalized spacial score (nSPS) is 15.1. The largest absolute Gasteiger partial charge is 0.416 e. The van der Waals surface area contributed by atoms with E-state index in [1.165, 1.54) is 17.8 Å². The molecule has 0 radical (unpaired) electrons. The summed E-state index contributed by atoms with van der Waals surface area (Å²) in [5.74, 6) is 0. The van der Waals surface area contributed by atoms with Crippen LogP contribution in [0.25, 0.3) is 5.69 Å². The molecule has 0 spiro atoms. The summed E-state index contributed by atoms with van der Waals surface area (Å²) in [5, 5.41) is 4.83. The first-order valence-corrected chi connectivity index (χ1v) is 12.2. The van der Waals surface area contributed by atoms with Crippen molar-refractivity contribution in [3.05, 3.63) is 77.6 Å². The third-order valence-corrected chi connectivity index (χ3v) is 6.41. The fraction of sp³-hybridized carbons (Fsp3) is 0.444. The van der Waals surface area contributed by atoms with E-state index in [0.717, 1.165) is 82.3 Å².